The topological polar surface area (TPSA) is 67.2 Å². The second kappa shape index (κ2) is 4.92. The molecule has 104 valence electrons. The van der Waals surface area contributed by atoms with Crippen molar-refractivity contribution in [3.63, 3.8) is 0 Å². The van der Waals surface area contributed by atoms with Gasteiger partial charge in [-0.1, -0.05) is 35.9 Å². The highest BCUT2D eigenvalue weighted by molar-refractivity contribution is 6.33. The van der Waals surface area contributed by atoms with Gasteiger partial charge in [0.1, 0.15) is 0 Å². The Balaban J connectivity index is 1.83. The molecule has 0 spiro atoms. The van der Waals surface area contributed by atoms with Crippen molar-refractivity contribution < 1.29 is 9.90 Å². The van der Waals surface area contributed by atoms with Crippen molar-refractivity contribution in [2.24, 2.45) is 7.05 Å². The minimum atomic E-state index is -0.546. The van der Waals surface area contributed by atoms with Crippen LogP contribution in [0.4, 0.5) is 0 Å². The first-order valence-corrected chi connectivity index (χ1v) is 6.71. The van der Waals surface area contributed by atoms with Crippen molar-refractivity contribution in [3.05, 3.63) is 52.3 Å². The van der Waals surface area contributed by atoms with Crippen LogP contribution in [0.3, 0.4) is 0 Å². The molecule has 0 saturated heterocycles. The standard InChI is InChI=1S/C14H14ClN3O2/c1-18-7-10(15)13(17-18)14(20)16-11-6-12(19)9-5-3-2-4-8(9)11/h2-5,7,11-12,19H,6H2,1H3,(H,16,20). The van der Waals surface area contributed by atoms with Gasteiger partial charge >= 0.3 is 0 Å². The minimum absolute atomic E-state index is 0.202. The van der Waals surface area contributed by atoms with Crippen molar-refractivity contribution in [2.75, 3.05) is 0 Å². The third-order valence-corrected chi connectivity index (χ3v) is 3.77. The van der Waals surface area contributed by atoms with Gasteiger partial charge in [0.2, 0.25) is 0 Å². The van der Waals surface area contributed by atoms with E-state index >= 15 is 0 Å². The fraction of sp³-hybridized carbons (Fsp3) is 0.286. The number of aromatic nitrogens is 2. The van der Waals surface area contributed by atoms with E-state index in [4.69, 9.17) is 11.6 Å². The van der Waals surface area contributed by atoms with Crippen LogP contribution < -0.4 is 5.32 Å². The lowest BCUT2D eigenvalue weighted by molar-refractivity contribution is 0.0919. The Morgan fingerprint density at radius 2 is 2.15 bits per heavy atom. The van der Waals surface area contributed by atoms with Gasteiger partial charge in [-0.3, -0.25) is 9.48 Å². The first-order chi connectivity index (χ1) is 9.56. The van der Waals surface area contributed by atoms with E-state index in [2.05, 4.69) is 10.4 Å². The number of fused-ring (bicyclic) bond motifs is 1. The summed E-state index contributed by atoms with van der Waals surface area (Å²) >= 11 is 5.96. The Morgan fingerprint density at radius 1 is 1.45 bits per heavy atom. The van der Waals surface area contributed by atoms with E-state index in [9.17, 15) is 9.90 Å². The number of nitrogens with zero attached hydrogens (tertiary/aromatic N) is 2. The molecular formula is C14H14ClN3O2. The molecule has 2 unspecified atom stereocenters. The van der Waals surface area contributed by atoms with E-state index in [1.807, 2.05) is 24.3 Å². The Kier molecular flexibility index (Phi) is 3.23. The molecule has 0 fully saturated rings. The second-order valence-electron chi connectivity index (χ2n) is 4.91. The Morgan fingerprint density at radius 3 is 2.80 bits per heavy atom. The van der Waals surface area contributed by atoms with Gasteiger partial charge in [0.25, 0.3) is 5.91 Å². The van der Waals surface area contributed by atoms with E-state index in [0.29, 0.717) is 11.4 Å². The summed E-state index contributed by atoms with van der Waals surface area (Å²) < 4.78 is 1.49. The molecule has 1 aliphatic carbocycles. The van der Waals surface area contributed by atoms with Gasteiger partial charge in [-0.15, -0.1) is 0 Å². The average Bonchev–Trinajstić information content (AvgIpc) is 2.91. The lowest BCUT2D eigenvalue weighted by Crippen LogP contribution is -2.28. The van der Waals surface area contributed by atoms with Crippen molar-refractivity contribution in [3.8, 4) is 0 Å². The molecule has 20 heavy (non-hydrogen) atoms. The number of hydrogen-bond acceptors (Lipinski definition) is 3. The van der Waals surface area contributed by atoms with Gasteiger partial charge in [-0.25, -0.2) is 0 Å². The molecule has 5 nitrogen and oxygen atoms in total. The van der Waals surface area contributed by atoms with Crippen molar-refractivity contribution in [1.29, 1.82) is 0 Å². The highest BCUT2D eigenvalue weighted by Crippen LogP contribution is 2.38. The third-order valence-electron chi connectivity index (χ3n) is 3.49. The fourth-order valence-corrected chi connectivity index (χ4v) is 2.85. The largest absolute Gasteiger partial charge is 0.388 e. The normalized spacial score (nSPS) is 20.8. The predicted molar refractivity (Wildman–Crippen MR) is 74.4 cm³/mol. The lowest BCUT2D eigenvalue weighted by Gasteiger charge is -2.13. The SMILES string of the molecule is Cn1cc(Cl)c(C(=O)NC2CC(O)c3ccccc32)n1. The summed E-state index contributed by atoms with van der Waals surface area (Å²) in [6, 6.07) is 7.34. The summed E-state index contributed by atoms with van der Waals surface area (Å²) in [5, 5.41) is 17.2. The van der Waals surface area contributed by atoms with E-state index in [0.717, 1.165) is 11.1 Å². The molecular weight excluding hydrogens is 278 g/mol. The van der Waals surface area contributed by atoms with Crippen LogP contribution in [0.2, 0.25) is 5.02 Å². The Labute approximate surface area is 121 Å². The second-order valence-corrected chi connectivity index (χ2v) is 5.31. The number of rotatable bonds is 2. The molecule has 6 heteroatoms. The molecule has 2 atom stereocenters. The van der Waals surface area contributed by atoms with Crippen LogP contribution in [0.25, 0.3) is 0 Å². The van der Waals surface area contributed by atoms with E-state index in [-0.39, 0.29) is 17.6 Å². The highest BCUT2D eigenvalue weighted by Gasteiger charge is 2.31. The van der Waals surface area contributed by atoms with Crippen molar-refractivity contribution in [2.45, 2.75) is 18.6 Å². The van der Waals surface area contributed by atoms with Gasteiger partial charge in [-0.2, -0.15) is 5.10 Å². The number of aryl methyl sites for hydroxylation is 1. The van der Waals surface area contributed by atoms with Crippen LogP contribution in [0.1, 0.15) is 40.2 Å². The van der Waals surface area contributed by atoms with E-state index < -0.39 is 6.10 Å². The third kappa shape index (κ3) is 2.19. The number of aliphatic hydroxyl groups excluding tert-OH is 1. The monoisotopic (exact) mass is 291 g/mol. The molecule has 0 saturated carbocycles. The number of nitrogens with one attached hydrogen (secondary N) is 1. The Bertz CT molecular complexity index is 668. The molecule has 1 amide bonds. The summed E-state index contributed by atoms with van der Waals surface area (Å²) in [7, 11) is 1.71. The first-order valence-electron chi connectivity index (χ1n) is 6.33. The molecule has 0 bridgehead atoms. The molecule has 3 rings (SSSR count). The van der Waals surface area contributed by atoms with Crippen molar-refractivity contribution >= 4 is 17.5 Å². The summed E-state index contributed by atoms with van der Waals surface area (Å²) in [4.78, 5) is 12.2. The van der Waals surface area contributed by atoms with Crippen LogP contribution in [-0.2, 0) is 7.05 Å². The number of amides is 1. The summed E-state index contributed by atoms with van der Waals surface area (Å²) in [6.45, 7) is 0. The molecule has 2 N–H and O–H groups in total. The van der Waals surface area contributed by atoms with Crippen LogP contribution in [-0.4, -0.2) is 20.8 Å². The van der Waals surface area contributed by atoms with Crippen LogP contribution in [0, 0.1) is 0 Å². The highest BCUT2D eigenvalue weighted by atomic mass is 35.5. The summed E-state index contributed by atoms with van der Waals surface area (Å²) in [6.07, 6.45) is 1.50. The maximum atomic E-state index is 12.2. The number of carbonyl (C=O) groups excluding carboxylic acids is 1. The predicted octanol–water partition coefficient (Wildman–Crippen LogP) is 1.98. The van der Waals surface area contributed by atoms with Gasteiger partial charge in [-0.05, 0) is 11.1 Å². The number of halogens is 1. The quantitative estimate of drug-likeness (QED) is 0.889. The van der Waals surface area contributed by atoms with Gasteiger partial charge < -0.3 is 10.4 Å². The Hall–Kier alpha value is -1.85. The zero-order chi connectivity index (χ0) is 14.3. The summed E-state index contributed by atoms with van der Waals surface area (Å²) in [5.74, 6) is -0.329. The molecule has 1 aromatic heterocycles. The van der Waals surface area contributed by atoms with Crippen LogP contribution in [0.5, 0.6) is 0 Å². The number of benzene rings is 1. The van der Waals surface area contributed by atoms with Crippen LogP contribution >= 0.6 is 11.6 Å². The van der Waals surface area contributed by atoms with Gasteiger partial charge in [0, 0.05) is 19.7 Å². The van der Waals surface area contributed by atoms with Crippen molar-refractivity contribution in [1.82, 2.24) is 15.1 Å². The van der Waals surface area contributed by atoms with Gasteiger partial charge in [0.15, 0.2) is 5.69 Å². The molecule has 0 aliphatic heterocycles. The zero-order valence-electron chi connectivity index (χ0n) is 10.9. The number of aliphatic hydroxyl groups is 1. The summed E-state index contributed by atoms with van der Waals surface area (Å²) in [5.41, 5.74) is 2.01. The number of carbonyl (C=O) groups is 1. The number of hydrogen-bond donors (Lipinski definition) is 2. The van der Waals surface area contributed by atoms with Gasteiger partial charge in [0.05, 0.1) is 17.2 Å². The van der Waals surface area contributed by atoms with E-state index in [1.54, 1.807) is 13.2 Å². The van der Waals surface area contributed by atoms with E-state index in [1.165, 1.54) is 4.68 Å². The zero-order valence-corrected chi connectivity index (χ0v) is 11.6. The molecule has 1 aromatic carbocycles. The molecule has 1 heterocycles. The molecule has 0 radical (unpaired) electrons. The maximum Gasteiger partial charge on any atom is 0.273 e. The minimum Gasteiger partial charge on any atom is -0.388 e. The maximum absolute atomic E-state index is 12.2. The lowest BCUT2D eigenvalue weighted by atomic mass is 10.1. The molecule has 2 aromatic rings. The smallest absolute Gasteiger partial charge is 0.273 e. The van der Waals surface area contributed by atoms with Crippen LogP contribution in [0.15, 0.2) is 30.5 Å². The molecule has 1 aliphatic rings. The average molecular weight is 292 g/mol. The first kappa shape index (κ1) is 13.1. The fourth-order valence-electron chi connectivity index (χ4n) is 2.59.